The highest BCUT2D eigenvalue weighted by molar-refractivity contribution is 7.99. The minimum absolute atomic E-state index is 0.0212. The molecule has 0 amide bonds. The van der Waals surface area contributed by atoms with Crippen molar-refractivity contribution in [3.05, 3.63) is 59.5 Å². The zero-order chi connectivity index (χ0) is 20.6. The smallest absolute Gasteiger partial charge is 0.175 e. The lowest BCUT2D eigenvalue weighted by atomic mass is 10.2. The molecule has 0 bridgehead atoms. The Hall–Kier alpha value is -2.32. The average Bonchev–Trinajstić information content (AvgIpc) is 3.38. The molecule has 0 spiro atoms. The fourth-order valence-corrected chi connectivity index (χ4v) is 6.39. The van der Waals surface area contributed by atoms with E-state index in [0.29, 0.717) is 17.1 Å². The summed E-state index contributed by atoms with van der Waals surface area (Å²) in [7, 11) is -2.98. The number of sulfone groups is 1. The van der Waals surface area contributed by atoms with E-state index in [0.717, 1.165) is 22.6 Å². The average molecular weight is 430 g/mol. The molecule has 3 heterocycles. The molecule has 0 radical (unpaired) electrons. The number of nitrogens with one attached hydrogen (secondary N) is 1. The molecular weight excluding hydrogens is 406 g/mol. The van der Waals surface area contributed by atoms with Gasteiger partial charge in [0.15, 0.2) is 20.8 Å². The summed E-state index contributed by atoms with van der Waals surface area (Å²) in [5, 5.41) is 0.702. The van der Waals surface area contributed by atoms with E-state index < -0.39 is 9.84 Å². The summed E-state index contributed by atoms with van der Waals surface area (Å²) in [5.74, 6) is 0.666. The van der Waals surface area contributed by atoms with Gasteiger partial charge in [0.1, 0.15) is 0 Å². The zero-order valence-electron chi connectivity index (χ0n) is 16.4. The third-order valence-corrected chi connectivity index (χ3v) is 7.97. The maximum Gasteiger partial charge on any atom is 0.175 e. The Morgan fingerprint density at radius 1 is 1.28 bits per heavy atom. The SMILES string of the molecule is Cc1cc(C(=O)CSc2ncc(-c3ccccc3)[nH]2)c(C)n1[C@@H]1CCS(=O)(=O)C1. The van der Waals surface area contributed by atoms with Gasteiger partial charge in [-0.15, -0.1) is 0 Å². The van der Waals surface area contributed by atoms with Gasteiger partial charge in [0, 0.05) is 23.0 Å². The molecule has 0 unspecified atom stereocenters. The molecular formula is C21H23N3O3S2. The molecule has 152 valence electrons. The molecule has 1 aliphatic rings. The van der Waals surface area contributed by atoms with Gasteiger partial charge in [-0.05, 0) is 31.9 Å². The molecule has 0 saturated carbocycles. The first-order chi connectivity index (χ1) is 13.8. The number of imidazole rings is 1. The van der Waals surface area contributed by atoms with E-state index >= 15 is 0 Å². The standard InChI is InChI=1S/C21H23N3O3S2/c1-14-10-18(15(2)24(14)17-8-9-29(26,27)13-17)20(25)12-28-21-22-11-19(23-21)16-6-4-3-5-7-16/h3-7,10-11,17H,8-9,12-13H2,1-2H3,(H,22,23)/t17-/m1/s1. The summed E-state index contributed by atoms with van der Waals surface area (Å²) in [6.07, 6.45) is 2.38. The van der Waals surface area contributed by atoms with Gasteiger partial charge in [0.25, 0.3) is 0 Å². The first-order valence-electron chi connectivity index (χ1n) is 9.49. The minimum atomic E-state index is -2.98. The van der Waals surface area contributed by atoms with Crippen molar-refractivity contribution in [3.8, 4) is 11.3 Å². The van der Waals surface area contributed by atoms with Crippen LogP contribution in [0.4, 0.5) is 0 Å². The molecule has 3 aromatic rings. The van der Waals surface area contributed by atoms with Crippen LogP contribution in [0.25, 0.3) is 11.3 Å². The van der Waals surface area contributed by atoms with Gasteiger partial charge in [-0.25, -0.2) is 13.4 Å². The molecule has 1 saturated heterocycles. The minimum Gasteiger partial charge on any atom is -0.344 e. The fraction of sp³-hybridized carbons (Fsp3) is 0.333. The summed E-state index contributed by atoms with van der Waals surface area (Å²) in [6.45, 7) is 3.83. The zero-order valence-corrected chi connectivity index (χ0v) is 18.0. The summed E-state index contributed by atoms with van der Waals surface area (Å²) in [5.41, 5.74) is 4.41. The number of hydrogen-bond donors (Lipinski definition) is 1. The van der Waals surface area contributed by atoms with Crippen LogP contribution >= 0.6 is 11.8 Å². The normalized spacial score (nSPS) is 18.2. The number of aromatic nitrogens is 3. The second-order valence-corrected chi connectivity index (χ2v) is 10.6. The van der Waals surface area contributed by atoms with Gasteiger partial charge in [-0.1, -0.05) is 42.1 Å². The molecule has 29 heavy (non-hydrogen) atoms. The Morgan fingerprint density at radius 2 is 2.03 bits per heavy atom. The number of ketones is 1. The highest BCUT2D eigenvalue weighted by Crippen LogP contribution is 2.30. The number of nitrogens with zero attached hydrogens (tertiary/aromatic N) is 2. The fourth-order valence-electron chi connectivity index (χ4n) is 3.95. The maximum absolute atomic E-state index is 12.8. The summed E-state index contributed by atoms with van der Waals surface area (Å²) in [4.78, 5) is 20.4. The maximum atomic E-state index is 12.8. The van der Waals surface area contributed by atoms with Crippen molar-refractivity contribution in [2.75, 3.05) is 17.3 Å². The van der Waals surface area contributed by atoms with Crippen molar-refractivity contribution in [2.24, 2.45) is 0 Å². The number of H-pyrrole nitrogens is 1. The van der Waals surface area contributed by atoms with E-state index in [1.54, 1.807) is 6.20 Å². The van der Waals surface area contributed by atoms with Gasteiger partial charge in [-0.2, -0.15) is 0 Å². The topological polar surface area (TPSA) is 84.8 Å². The largest absolute Gasteiger partial charge is 0.344 e. The van der Waals surface area contributed by atoms with Gasteiger partial charge in [0.05, 0.1) is 29.1 Å². The van der Waals surface area contributed by atoms with Crippen LogP contribution in [0, 0.1) is 13.8 Å². The summed E-state index contributed by atoms with van der Waals surface area (Å²) < 4.78 is 25.7. The van der Waals surface area contributed by atoms with Gasteiger partial charge in [-0.3, -0.25) is 4.79 Å². The molecule has 1 N–H and O–H groups in total. The lowest BCUT2D eigenvalue weighted by molar-refractivity contribution is 0.102. The van der Waals surface area contributed by atoms with Crippen LogP contribution in [0.15, 0.2) is 47.8 Å². The summed E-state index contributed by atoms with van der Waals surface area (Å²) >= 11 is 1.37. The number of thioether (sulfide) groups is 1. The van der Waals surface area contributed by atoms with E-state index in [-0.39, 0.29) is 29.1 Å². The van der Waals surface area contributed by atoms with Crippen LogP contribution in [0.2, 0.25) is 0 Å². The number of carbonyl (C=O) groups excluding carboxylic acids is 1. The van der Waals surface area contributed by atoms with E-state index in [2.05, 4.69) is 9.97 Å². The van der Waals surface area contributed by atoms with E-state index in [1.165, 1.54) is 11.8 Å². The molecule has 1 fully saturated rings. The molecule has 1 aromatic carbocycles. The number of hydrogen-bond acceptors (Lipinski definition) is 5. The Balaban J connectivity index is 1.46. The quantitative estimate of drug-likeness (QED) is 0.475. The number of aromatic amines is 1. The monoisotopic (exact) mass is 429 g/mol. The van der Waals surface area contributed by atoms with Gasteiger partial charge < -0.3 is 9.55 Å². The second-order valence-electron chi connectivity index (χ2n) is 7.39. The predicted molar refractivity (Wildman–Crippen MR) is 115 cm³/mol. The van der Waals surface area contributed by atoms with Crippen molar-refractivity contribution in [1.29, 1.82) is 0 Å². The number of Topliss-reactive ketones (excluding diaryl/α,β-unsaturated/α-hetero) is 1. The molecule has 0 aliphatic carbocycles. The molecule has 6 nitrogen and oxygen atoms in total. The van der Waals surface area contributed by atoms with E-state index in [4.69, 9.17) is 0 Å². The molecule has 1 atom stereocenters. The highest BCUT2D eigenvalue weighted by Gasteiger charge is 2.31. The van der Waals surface area contributed by atoms with Crippen LogP contribution in [-0.2, 0) is 9.84 Å². The van der Waals surface area contributed by atoms with E-state index in [9.17, 15) is 13.2 Å². The Bertz CT molecular complexity index is 1150. The lowest BCUT2D eigenvalue weighted by Gasteiger charge is -2.16. The van der Waals surface area contributed by atoms with Crippen LogP contribution in [0.1, 0.15) is 34.2 Å². The molecule has 8 heteroatoms. The molecule has 2 aromatic heterocycles. The van der Waals surface area contributed by atoms with Crippen LogP contribution in [0.3, 0.4) is 0 Å². The van der Waals surface area contributed by atoms with Gasteiger partial charge in [0.2, 0.25) is 0 Å². The number of carbonyl (C=O) groups is 1. The third kappa shape index (κ3) is 4.18. The predicted octanol–water partition coefficient (Wildman–Crippen LogP) is 3.83. The van der Waals surface area contributed by atoms with Crippen LogP contribution in [0.5, 0.6) is 0 Å². The number of benzene rings is 1. The lowest BCUT2D eigenvalue weighted by Crippen LogP contribution is -2.14. The van der Waals surface area contributed by atoms with E-state index in [1.807, 2.05) is 54.8 Å². The Morgan fingerprint density at radius 3 is 2.72 bits per heavy atom. The summed E-state index contributed by atoms with van der Waals surface area (Å²) in [6, 6.07) is 11.7. The van der Waals surface area contributed by atoms with Crippen molar-refractivity contribution in [1.82, 2.24) is 14.5 Å². The second kappa shape index (κ2) is 7.84. The number of aryl methyl sites for hydroxylation is 1. The van der Waals surface area contributed by atoms with Crippen molar-refractivity contribution in [3.63, 3.8) is 0 Å². The van der Waals surface area contributed by atoms with Crippen LogP contribution in [-0.4, -0.2) is 46.0 Å². The third-order valence-electron chi connectivity index (χ3n) is 5.34. The Kier molecular flexibility index (Phi) is 5.40. The van der Waals surface area contributed by atoms with Crippen molar-refractivity contribution < 1.29 is 13.2 Å². The molecule has 4 rings (SSSR count). The van der Waals surface area contributed by atoms with Crippen molar-refractivity contribution >= 4 is 27.4 Å². The first kappa shape index (κ1) is 20.0. The van der Waals surface area contributed by atoms with Crippen molar-refractivity contribution in [2.45, 2.75) is 31.5 Å². The first-order valence-corrected chi connectivity index (χ1v) is 12.3. The Labute approximate surface area is 174 Å². The highest BCUT2D eigenvalue weighted by atomic mass is 32.2. The van der Waals surface area contributed by atoms with Crippen LogP contribution < -0.4 is 0 Å². The number of rotatable bonds is 6. The van der Waals surface area contributed by atoms with Gasteiger partial charge >= 0.3 is 0 Å². The molecule has 1 aliphatic heterocycles.